The maximum absolute atomic E-state index is 11.7. The van der Waals surface area contributed by atoms with Crippen molar-refractivity contribution in [2.75, 3.05) is 13.7 Å². The number of carbonyl (C=O) groups is 3. The van der Waals surface area contributed by atoms with Crippen LogP contribution >= 0.6 is 0 Å². The lowest BCUT2D eigenvalue weighted by atomic mass is 10.2. The first-order valence-electron chi connectivity index (χ1n) is 6.26. The van der Waals surface area contributed by atoms with Gasteiger partial charge in [-0.05, 0) is 12.8 Å². The molecule has 6 heteroatoms. The van der Waals surface area contributed by atoms with Crippen molar-refractivity contribution < 1.29 is 19.1 Å². The van der Waals surface area contributed by atoms with Gasteiger partial charge in [0.25, 0.3) is 0 Å². The fourth-order valence-electron chi connectivity index (χ4n) is 2.18. The highest BCUT2D eigenvalue weighted by molar-refractivity contribution is 5.84. The molecule has 1 aliphatic carbocycles. The Labute approximate surface area is 106 Å². The van der Waals surface area contributed by atoms with Crippen LogP contribution in [-0.2, 0) is 19.1 Å². The van der Waals surface area contributed by atoms with Crippen molar-refractivity contribution in [1.82, 2.24) is 10.2 Å². The van der Waals surface area contributed by atoms with E-state index in [2.05, 4.69) is 10.1 Å². The van der Waals surface area contributed by atoms with Crippen LogP contribution in [0.3, 0.4) is 0 Å². The van der Waals surface area contributed by atoms with Crippen molar-refractivity contribution in [1.29, 1.82) is 0 Å². The quantitative estimate of drug-likeness (QED) is 0.690. The Hall–Kier alpha value is -1.59. The number of ether oxygens (including phenoxy) is 1. The second-order valence-electron chi connectivity index (χ2n) is 4.82. The molecule has 0 spiro atoms. The smallest absolute Gasteiger partial charge is 0.306 e. The lowest BCUT2D eigenvalue weighted by Crippen LogP contribution is -2.37. The number of amides is 2. The zero-order valence-corrected chi connectivity index (χ0v) is 10.5. The number of carbonyl (C=O) groups excluding carboxylic acids is 3. The van der Waals surface area contributed by atoms with Crippen LogP contribution in [-0.4, -0.2) is 48.4 Å². The molecule has 6 nitrogen and oxygen atoms in total. The van der Waals surface area contributed by atoms with E-state index in [9.17, 15) is 14.4 Å². The van der Waals surface area contributed by atoms with E-state index < -0.39 is 5.97 Å². The molecule has 2 amide bonds. The van der Waals surface area contributed by atoms with E-state index in [0.29, 0.717) is 19.0 Å². The minimum Gasteiger partial charge on any atom is -0.469 e. The minimum atomic E-state index is -0.396. The molecule has 100 valence electrons. The first kappa shape index (κ1) is 12.9. The van der Waals surface area contributed by atoms with Crippen LogP contribution in [0.5, 0.6) is 0 Å². The van der Waals surface area contributed by atoms with Gasteiger partial charge < -0.3 is 15.0 Å². The van der Waals surface area contributed by atoms with Crippen LogP contribution in [0.4, 0.5) is 0 Å². The fourth-order valence-corrected chi connectivity index (χ4v) is 2.18. The fraction of sp³-hybridized carbons (Fsp3) is 0.750. The molecule has 1 atom stereocenters. The van der Waals surface area contributed by atoms with Crippen molar-refractivity contribution in [3.05, 3.63) is 0 Å². The number of hydrogen-bond donors (Lipinski definition) is 1. The first-order chi connectivity index (χ1) is 8.60. The van der Waals surface area contributed by atoms with Gasteiger partial charge in [-0.2, -0.15) is 0 Å². The van der Waals surface area contributed by atoms with Gasteiger partial charge in [-0.15, -0.1) is 0 Å². The number of nitrogens with one attached hydrogen (secondary N) is 1. The third-order valence-electron chi connectivity index (χ3n) is 3.30. The Kier molecular flexibility index (Phi) is 3.84. The zero-order valence-electron chi connectivity index (χ0n) is 10.5. The standard InChI is InChI=1S/C12H18N2O4/c1-18-12(17)5-4-10(15)13-8-6-11(16)14(7-8)9-2-3-9/h8-9H,2-7H2,1H3,(H,13,15). The lowest BCUT2D eigenvalue weighted by molar-refractivity contribution is -0.142. The van der Waals surface area contributed by atoms with E-state index in [1.165, 1.54) is 7.11 Å². The molecule has 1 aliphatic heterocycles. The maximum Gasteiger partial charge on any atom is 0.306 e. The van der Waals surface area contributed by atoms with E-state index >= 15 is 0 Å². The predicted octanol–water partition coefficient (Wildman–Crippen LogP) is -0.181. The van der Waals surface area contributed by atoms with Crippen molar-refractivity contribution in [2.24, 2.45) is 0 Å². The molecule has 2 rings (SSSR count). The number of hydrogen-bond acceptors (Lipinski definition) is 4. The molecular weight excluding hydrogens is 236 g/mol. The van der Waals surface area contributed by atoms with Gasteiger partial charge in [-0.3, -0.25) is 14.4 Å². The van der Waals surface area contributed by atoms with Crippen molar-refractivity contribution in [3.8, 4) is 0 Å². The van der Waals surface area contributed by atoms with Gasteiger partial charge in [0.2, 0.25) is 11.8 Å². The van der Waals surface area contributed by atoms with E-state index in [1.54, 1.807) is 0 Å². The van der Waals surface area contributed by atoms with Gasteiger partial charge >= 0.3 is 5.97 Å². The van der Waals surface area contributed by atoms with Gasteiger partial charge in [0.1, 0.15) is 0 Å². The normalized spacial score (nSPS) is 23.1. The molecule has 1 saturated heterocycles. The predicted molar refractivity (Wildman–Crippen MR) is 62.5 cm³/mol. The lowest BCUT2D eigenvalue weighted by Gasteiger charge is -2.16. The average molecular weight is 254 g/mol. The summed E-state index contributed by atoms with van der Waals surface area (Å²) in [4.78, 5) is 36.0. The molecule has 0 aromatic carbocycles. The molecular formula is C12H18N2O4. The summed E-state index contributed by atoms with van der Waals surface area (Å²) < 4.78 is 4.46. The number of likely N-dealkylation sites (tertiary alicyclic amines) is 1. The van der Waals surface area contributed by atoms with E-state index in [0.717, 1.165) is 12.8 Å². The number of methoxy groups -OCH3 is 1. The molecule has 18 heavy (non-hydrogen) atoms. The SMILES string of the molecule is COC(=O)CCC(=O)NC1CC(=O)N(C2CC2)C1. The first-order valence-corrected chi connectivity index (χ1v) is 6.26. The summed E-state index contributed by atoms with van der Waals surface area (Å²) in [7, 11) is 1.30. The van der Waals surface area contributed by atoms with Gasteiger partial charge in [0.05, 0.1) is 19.6 Å². The molecule has 0 aromatic rings. The van der Waals surface area contributed by atoms with Crippen LogP contribution in [0, 0.1) is 0 Å². The summed E-state index contributed by atoms with van der Waals surface area (Å²) in [6, 6.07) is 0.290. The van der Waals surface area contributed by atoms with Crippen molar-refractivity contribution >= 4 is 17.8 Å². The summed E-state index contributed by atoms with van der Waals surface area (Å²) in [6.07, 6.45) is 2.72. The second kappa shape index (κ2) is 5.37. The largest absolute Gasteiger partial charge is 0.469 e. The van der Waals surface area contributed by atoms with Crippen molar-refractivity contribution in [2.45, 2.75) is 44.2 Å². The topological polar surface area (TPSA) is 75.7 Å². The number of rotatable bonds is 5. The van der Waals surface area contributed by atoms with Crippen molar-refractivity contribution in [3.63, 3.8) is 0 Å². The zero-order chi connectivity index (χ0) is 13.1. The molecule has 0 radical (unpaired) electrons. The van der Waals surface area contributed by atoms with Gasteiger partial charge in [-0.25, -0.2) is 0 Å². The summed E-state index contributed by atoms with van der Waals surface area (Å²) in [5, 5.41) is 2.79. The molecule has 1 N–H and O–H groups in total. The Balaban J connectivity index is 1.71. The second-order valence-corrected chi connectivity index (χ2v) is 4.82. The van der Waals surface area contributed by atoms with Crippen LogP contribution in [0.15, 0.2) is 0 Å². The van der Waals surface area contributed by atoms with Gasteiger partial charge in [0.15, 0.2) is 0 Å². The third kappa shape index (κ3) is 3.21. The summed E-state index contributed by atoms with van der Waals surface area (Å²) in [5.41, 5.74) is 0. The molecule has 2 fully saturated rings. The molecule has 1 unspecified atom stereocenters. The molecule has 1 saturated carbocycles. The molecule has 0 aromatic heterocycles. The summed E-state index contributed by atoms with van der Waals surface area (Å²) in [5.74, 6) is -0.473. The number of nitrogens with zero attached hydrogens (tertiary/aromatic N) is 1. The summed E-state index contributed by atoms with van der Waals surface area (Å²) in [6.45, 7) is 0.605. The molecule has 2 aliphatic rings. The van der Waals surface area contributed by atoms with Crippen LogP contribution < -0.4 is 5.32 Å². The minimum absolute atomic E-state index is 0.0787. The Morgan fingerprint density at radius 2 is 2.11 bits per heavy atom. The third-order valence-corrected chi connectivity index (χ3v) is 3.30. The highest BCUT2D eigenvalue weighted by Crippen LogP contribution is 2.30. The van der Waals surface area contributed by atoms with Crippen LogP contribution in [0.25, 0.3) is 0 Å². The Morgan fingerprint density at radius 3 is 2.72 bits per heavy atom. The Morgan fingerprint density at radius 1 is 1.39 bits per heavy atom. The summed E-state index contributed by atoms with van der Waals surface area (Å²) >= 11 is 0. The number of esters is 1. The molecule has 0 bridgehead atoms. The van der Waals surface area contributed by atoms with E-state index in [4.69, 9.17) is 0 Å². The van der Waals surface area contributed by atoms with Crippen LogP contribution in [0.2, 0.25) is 0 Å². The maximum atomic E-state index is 11.7. The van der Waals surface area contributed by atoms with E-state index in [-0.39, 0.29) is 30.7 Å². The van der Waals surface area contributed by atoms with Gasteiger partial charge in [-0.1, -0.05) is 0 Å². The molecule has 1 heterocycles. The Bertz CT molecular complexity index is 365. The monoisotopic (exact) mass is 254 g/mol. The highest BCUT2D eigenvalue weighted by Gasteiger charge is 2.39. The van der Waals surface area contributed by atoms with E-state index in [1.807, 2.05) is 4.90 Å². The van der Waals surface area contributed by atoms with Crippen LogP contribution in [0.1, 0.15) is 32.1 Å². The average Bonchev–Trinajstić information content (AvgIpc) is 3.11. The van der Waals surface area contributed by atoms with Gasteiger partial charge in [0, 0.05) is 25.4 Å². The highest BCUT2D eigenvalue weighted by atomic mass is 16.5.